The molecule has 0 amide bonds. The number of nitrogens with two attached hydrogens (primary N) is 1. The molecule has 1 unspecified atom stereocenters. The second-order valence-electron chi connectivity index (χ2n) is 4.50. The first-order chi connectivity index (χ1) is 10.1. The lowest BCUT2D eigenvalue weighted by molar-refractivity contribution is 0.322. The van der Waals surface area contributed by atoms with Gasteiger partial charge in [0, 0.05) is 17.0 Å². The minimum Gasteiger partial charge on any atom is -0.493 e. The van der Waals surface area contributed by atoms with Gasteiger partial charge < -0.3 is 15.2 Å². The van der Waals surface area contributed by atoms with Gasteiger partial charge in [-0.05, 0) is 42.8 Å². The summed E-state index contributed by atoms with van der Waals surface area (Å²) in [5.74, 6) is 1.54. The summed E-state index contributed by atoms with van der Waals surface area (Å²) in [7, 11) is 0. The predicted molar refractivity (Wildman–Crippen MR) is 90.2 cm³/mol. The van der Waals surface area contributed by atoms with Crippen LogP contribution in [0.3, 0.4) is 0 Å². The van der Waals surface area contributed by atoms with Crippen LogP contribution in [0.25, 0.3) is 11.3 Å². The highest BCUT2D eigenvalue weighted by molar-refractivity contribution is 9.10. The molecule has 0 fully saturated rings. The Morgan fingerprint density at radius 3 is 2.48 bits per heavy atom. The lowest BCUT2D eigenvalue weighted by Crippen LogP contribution is -2.04. The number of hydrogen-bond donors (Lipinski definition) is 1. The zero-order valence-electron chi connectivity index (χ0n) is 12.4. The van der Waals surface area contributed by atoms with Crippen LogP contribution in [0.15, 0.2) is 22.0 Å². The third-order valence-electron chi connectivity index (χ3n) is 2.82. The number of halogens is 1. The third kappa shape index (κ3) is 3.75. The van der Waals surface area contributed by atoms with Crippen molar-refractivity contribution in [1.29, 1.82) is 0 Å². The molecule has 1 aromatic heterocycles. The number of aromatic nitrogens is 1. The summed E-state index contributed by atoms with van der Waals surface area (Å²) in [5.41, 5.74) is 7.70. The molecule has 2 N–H and O–H groups in total. The Morgan fingerprint density at radius 2 is 1.90 bits per heavy atom. The fraction of sp³-hybridized carbons (Fsp3) is 0.400. The van der Waals surface area contributed by atoms with Crippen LogP contribution in [-0.4, -0.2) is 18.2 Å². The molecule has 0 spiro atoms. The minimum absolute atomic E-state index is 0.0644. The highest BCUT2D eigenvalue weighted by atomic mass is 79.9. The van der Waals surface area contributed by atoms with Crippen molar-refractivity contribution in [2.75, 3.05) is 13.2 Å². The summed E-state index contributed by atoms with van der Waals surface area (Å²) in [4.78, 5) is 4.59. The topological polar surface area (TPSA) is 57.4 Å². The van der Waals surface area contributed by atoms with Crippen LogP contribution in [0.1, 0.15) is 31.8 Å². The standard InChI is InChI=1S/C15H19BrN2O2S/c1-4-19-13-7-14(20-5-2)11(16)6-10(13)12-8-21-15(18-12)9(3)17/h6-9H,4-5,17H2,1-3H3. The van der Waals surface area contributed by atoms with E-state index in [0.29, 0.717) is 13.2 Å². The van der Waals surface area contributed by atoms with Crippen molar-refractivity contribution in [1.82, 2.24) is 4.98 Å². The Bertz CT molecular complexity index is 614. The second kappa shape index (κ2) is 7.24. The van der Waals surface area contributed by atoms with E-state index in [0.717, 1.165) is 32.2 Å². The average molecular weight is 371 g/mol. The molecule has 1 atom stereocenters. The molecule has 1 aromatic carbocycles. The Morgan fingerprint density at radius 1 is 1.24 bits per heavy atom. The van der Waals surface area contributed by atoms with Crippen molar-refractivity contribution in [3.63, 3.8) is 0 Å². The smallest absolute Gasteiger partial charge is 0.137 e. The molecule has 0 aliphatic rings. The SMILES string of the molecule is CCOc1cc(OCC)c(-c2csc(C(C)N)n2)cc1Br. The van der Waals surface area contributed by atoms with E-state index in [1.807, 2.05) is 38.3 Å². The quantitative estimate of drug-likeness (QED) is 0.818. The summed E-state index contributed by atoms with van der Waals surface area (Å²) in [5, 5.41) is 2.92. The monoisotopic (exact) mass is 370 g/mol. The van der Waals surface area contributed by atoms with E-state index in [1.165, 1.54) is 0 Å². The fourth-order valence-corrected chi connectivity index (χ4v) is 3.13. The molecule has 21 heavy (non-hydrogen) atoms. The molecule has 6 heteroatoms. The van der Waals surface area contributed by atoms with Crippen LogP contribution in [0.4, 0.5) is 0 Å². The van der Waals surface area contributed by atoms with Crippen molar-refractivity contribution < 1.29 is 9.47 Å². The number of benzene rings is 1. The van der Waals surface area contributed by atoms with Gasteiger partial charge in [0.25, 0.3) is 0 Å². The van der Waals surface area contributed by atoms with Gasteiger partial charge in [0.1, 0.15) is 16.5 Å². The average Bonchev–Trinajstić information content (AvgIpc) is 2.92. The first kappa shape index (κ1) is 16.3. The Balaban J connectivity index is 2.47. The van der Waals surface area contributed by atoms with Crippen LogP contribution in [0.5, 0.6) is 11.5 Å². The zero-order valence-corrected chi connectivity index (χ0v) is 14.8. The Kier molecular flexibility index (Phi) is 5.61. The van der Waals surface area contributed by atoms with E-state index in [9.17, 15) is 0 Å². The summed E-state index contributed by atoms with van der Waals surface area (Å²) in [6.07, 6.45) is 0. The maximum atomic E-state index is 5.88. The molecule has 1 heterocycles. The van der Waals surface area contributed by atoms with Gasteiger partial charge in [-0.2, -0.15) is 0 Å². The molecule has 0 bridgehead atoms. The summed E-state index contributed by atoms with van der Waals surface area (Å²) in [6.45, 7) is 7.04. The van der Waals surface area contributed by atoms with Crippen molar-refractivity contribution in [2.24, 2.45) is 5.73 Å². The lowest BCUT2D eigenvalue weighted by atomic mass is 10.1. The van der Waals surface area contributed by atoms with Gasteiger partial charge in [-0.3, -0.25) is 0 Å². The van der Waals surface area contributed by atoms with Crippen LogP contribution in [0.2, 0.25) is 0 Å². The van der Waals surface area contributed by atoms with Gasteiger partial charge in [-0.25, -0.2) is 4.98 Å². The summed E-state index contributed by atoms with van der Waals surface area (Å²) >= 11 is 5.10. The molecule has 2 rings (SSSR count). The largest absolute Gasteiger partial charge is 0.493 e. The van der Waals surface area contributed by atoms with E-state index in [4.69, 9.17) is 15.2 Å². The van der Waals surface area contributed by atoms with Crippen molar-refractivity contribution in [2.45, 2.75) is 26.8 Å². The van der Waals surface area contributed by atoms with E-state index in [2.05, 4.69) is 20.9 Å². The van der Waals surface area contributed by atoms with Crippen LogP contribution < -0.4 is 15.2 Å². The third-order valence-corrected chi connectivity index (χ3v) is 4.49. The first-order valence-corrected chi connectivity index (χ1v) is 8.54. The van der Waals surface area contributed by atoms with Crippen LogP contribution in [-0.2, 0) is 0 Å². The number of ether oxygens (including phenoxy) is 2. The maximum Gasteiger partial charge on any atom is 0.137 e. The molecular weight excluding hydrogens is 352 g/mol. The molecule has 0 saturated heterocycles. The highest BCUT2D eigenvalue weighted by Crippen LogP contribution is 2.39. The summed E-state index contributed by atoms with van der Waals surface area (Å²) < 4.78 is 12.2. The summed E-state index contributed by atoms with van der Waals surface area (Å²) in [6, 6.07) is 3.82. The van der Waals surface area contributed by atoms with Gasteiger partial charge in [0.05, 0.1) is 29.4 Å². The number of rotatable bonds is 6. The molecule has 114 valence electrons. The molecule has 0 aliphatic heterocycles. The van der Waals surface area contributed by atoms with Gasteiger partial charge in [-0.15, -0.1) is 11.3 Å². The van der Waals surface area contributed by atoms with Gasteiger partial charge in [0.2, 0.25) is 0 Å². The Hall–Kier alpha value is -1.11. The maximum absolute atomic E-state index is 5.88. The first-order valence-electron chi connectivity index (χ1n) is 6.87. The normalized spacial score (nSPS) is 12.2. The number of thiazole rings is 1. The van der Waals surface area contributed by atoms with Gasteiger partial charge >= 0.3 is 0 Å². The highest BCUT2D eigenvalue weighted by Gasteiger charge is 2.15. The van der Waals surface area contributed by atoms with E-state index < -0.39 is 0 Å². The van der Waals surface area contributed by atoms with E-state index in [1.54, 1.807) is 11.3 Å². The zero-order chi connectivity index (χ0) is 15.4. The number of hydrogen-bond acceptors (Lipinski definition) is 5. The Labute approximate surface area is 137 Å². The number of nitrogens with zero attached hydrogens (tertiary/aromatic N) is 1. The van der Waals surface area contributed by atoms with E-state index >= 15 is 0 Å². The molecule has 2 aromatic rings. The van der Waals surface area contributed by atoms with Gasteiger partial charge in [0.15, 0.2) is 0 Å². The van der Waals surface area contributed by atoms with Gasteiger partial charge in [-0.1, -0.05) is 0 Å². The minimum atomic E-state index is -0.0644. The predicted octanol–water partition coefficient (Wildman–Crippen LogP) is 4.39. The molecule has 4 nitrogen and oxygen atoms in total. The van der Waals surface area contributed by atoms with Crippen LogP contribution >= 0.6 is 27.3 Å². The molecule has 0 saturated carbocycles. The van der Waals surface area contributed by atoms with E-state index in [-0.39, 0.29) is 6.04 Å². The molecule has 0 radical (unpaired) electrons. The lowest BCUT2D eigenvalue weighted by Gasteiger charge is -2.13. The fourth-order valence-electron chi connectivity index (χ4n) is 1.90. The molecular formula is C15H19BrN2O2S. The molecule has 0 aliphatic carbocycles. The van der Waals surface area contributed by atoms with Crippen molar-refractivity contribution in [3.8, 4) is 22.8 Å². The second-order valence-corrected chi connectivity index (χ2v) is 6.25. The van der Waals surface area contributed by atoms with Crippen molar-refractivity contribution >= 4 is 27.3 Å². The van der Waals surface area contributed by atoms with Crippen LogP contribution in [0, 0.1) is 0 Å². The van der Waals surface area contributed by atoms with Crippen molar-refractivity contribution in [3.05, 3.63) is 27.0 Å².